The number of Topliss-reactive ketones (excluding diaryl/α,β-unsaturated/α-hetero) is 1. The molecule has 0 saturated heterocycles. The fraction of sp³-hybridized carbons (Fsp3) is 0.300. The van der Waals surface area contributed by atoms with Crippen molar-refractivity contribution in [2.75, 3.05) is 0 Å². The SMILES string of the molecule is CC(C)(C)C(=O)C1=C(O)C(=O)N(Cc2ccccn2)C1c1cccnc1. The standard InChI is InChI=1S/C20H21N3O3/c1-20(2,3)18(25)15-16(13-7-6-9-21-11-13)23(19(26)17(15)24)12-14-8-4-5-10-22-14/h4-11,16,24H,12H2,1-3H3. The third-order valence-electron chi connectivity index (χ3n) is 4.29. The van der Waals surface area contributed by atoms with Crippen LogP contribution in [0.25, 0.3) is 0 Å². The van der Waals surface area contributed by atoms with Gasteiger partial charge < -0.3 is 10.0 Å². The highest BCUT2D eigenvalue weighted by Crippen LogP contribution is 2.41. The van der Waals surface area contributed by atoms with Gasteiger partial charge in [-0.05, 0) is 23.8 Å². The summed E-state index contributed by atoms with van der Waals surface area (Å²) in [6, 6.07) is 8.27. The van der Waals surface area contributed by atoms with Gasteiger partial charge in [-0.25, -0.2) is 0 Å². The van der Waals surface area contributed by atoms with E-state index in [4.69, 9.17) is 0 Å². The number of ketones is 1. The van der Waals surface area contributed by atoms with Crippen molar-refractivity contribution in [1.29, 1.82) is 0 Å². The van der Waals surface area contributed by atoms with Crippen LogP contribution in [0.5, 0.6) is 0 Å². The number of amides is 1. The van der Waals surface area contributed by atoms with Crippen LogP contribution < -0.4 is 0 Å². The average Bonchev–Trinajstić information content (AvgIpc) is 2.87. The molecule has 1 N–H and O–H groups in total. The van der Waals surface area contributed by atoms with Crippen molar-refractivity contribution in [3.05, 3.63) is 71.5 Å². The van der Waals surface area contributed by atoms with Crippen molar-refractivity contribution in [3.8, 4) is 0 Å². The maximum Gasteiger partial charge on any atom is 0.290 e. The van der Waals surface area contributed by atoms with E-state index in [0.717, 1.165) is 0 Å². The van der Waals surface area contributed by atoms with Crippen LogP contribution >= 0.6 is 0 Å². The Morgan fingerprint density at radius 2 is 1.96 bits per heavy atom. The van der Waals surface area contributed by atoms with Gasteiger partial charge in [0, 0.05) is 24.0 Å². The lowest BCUT2D eigenvalue weighted by Gasteiger charge is -2.28. The summed E-state index contributed by atoms with van der Waals surface area (Å²) in [5.74, 6) is -1.33. The van der Waals surface area contributed by atoms with Crippen molar-refractivity contribution in [2.45, 2.75) is 33.4 Å². The van der Waals surface area contributed by atoms with Crippen LogP contribution in [0.3, 0.4) is 0 Å². The normalized spacial score (nSPS) is 17.7. The van der Waals surface area contributed by atoms with E-state index < -0.39 is 23.1 Å². The van der Waals surface area contributed by atoms with Gasteiger partial charge in [0.25, 0.3) is 5.91 Å². The monoisotopic (exact) mass is 351 g/mol. The molecule has 26 heavy (non-hydrogen) atoms. The van der Waals surface area contributed by atoms with Crippen LogP contribution in [0.4, 0.5) is 0 Å². The fourth-order valence-electron chi connectivity index (χ4n) is 3.00. The van der Waals surface area contributed by atoms with Gasteiger partial charge in [-0.2, -0.15) is 0 Å². The van der Waals surface area contributed by atoms with Crippen molar-refractivity contribution in [3.63, 3.8) is 0 Å². The van der Waals surface area contributed by atoms with E-state index in [1.54, 1.807) is 63.6 Å². The Balaban J connectivity index is 2.08. The predicted octanol–water partition coefficient (Wildman–Crippen LogP) is 2.99. The van der Waals surface area contributed by atoms with Gasteiger partial charge in [0.05, 0.1) is 23.9 Å². The number of hydrogen-bond donors (Lipinski definition) is 1. The number of aliphatic hydroxyl groups excluding tert-OH is 1. The van der Waals surface area contributed by atoms with E-state index in [1.807, 2.05) is 6.07 Å². The second-order valence-corrected chi connectivity index (χ2v) is 7.28. The van der Waals surface area contributed by atoms with Crippen molar-refractivity contribution in [2.24, 2.45) is 5.41 Å². The number of carbonyl (C=O) groups is 2. The molecule has 0 spiro atoms. The smallest absolute Gasteiger partial charge is 0.290 e. The molecular weight excluding hydrogens is 330 g/mol. The number of rotatable bonds is 4. The molecule has 2 aromatic heterocycles. The number of nitrogens with zero attached hydrogens (tertiary/aromatic N) is 3. The molecule has 0 fully saturated rings. The van der Waals surface area contributed by atoms with E-state index in [1.165, 1.54) is 4.90 Å². The highest BCUT2D eigenvalue weighted by molar-refractivity contribution is 6.10. The molecule has 1 unspecified atom stereocenters. The molecule has 1 atom stereocenters. The van der Waals surface area contributed by atoms with Gasteiger partial charge in [-0.1, -0.05) is 32.9 Å². The molecule has 1 aliphatic rings. The Morgan fingerprint density at radius 1 is 1.19 bits per heavy atom. The summed E-state index contributed by atoms with van der Waals surface area (Å²) in [5.41, 5.74) is 0.734. The minimum absolute atomic E-state index is 0.117. The highest BCUT2D eigenvalue weighted by atomic mass is 16.3. The zero-order valence-electron chi connectivity index (χ0n) is 15.0. The second-order valence-electron chi connectivity index (χ2n) is 7.28. The molecule has 0 aromatic carbocycles. The largest absolute Gasteiger partial charge is 0.503 e. The summed E-state index contributed by atoms with van der Waals surface area (Å²) in [6.45, 7) is 5.48. The van der Waals surface area contributed by atoms with Crippen LogP contribution in [0.2, 0.25) is 0 Å². The summed E-state index contributed by atoms with van der Waals surface area (Å²) < 4.78 is 0. The summed E-state index contributed by atoms with van der Waals surface area (Å²) in [6.07, 6.45) is 4.87. The molecule has 0 aliphatic carbocycles. The zero-order valence-corrected chi connectivity index (χ0v) is 15.0. The van der Waals surface area contributed by atoms with Gasteiger partial charge in [0.2, 0.25) is 0 Å². The van der Waals surface area contributed by atoms with Crippen LogP contribution in [-0.2, 0) is 16.1 Å². The van der Waals surface area contributed by atoms with Gasteiger partial charge >= 0.3 is 0 Å². The Kier molecular flexibility index (Phi) is 4.59. The minimum Gasteiger partial charge on any atom is -0.503 e. The quantitative estimate of drug-likeness (QED) is 0.915. The minimum atomic E-state index is -0.731. The van der Waals surface area contributed by atoms with Crippen molar-refractivity contribution in [1.82, 2.24) is 14.9 Å². The number of pyridine rings is 2. The van der Waals surface area contributed by atoms with E-state index in [-0.39, 0.29) is 17.9 Å². The Morgan fingerprint density at radius 3 is 2.54 bits per heavy atom. The summed E-state index contributed by atoms with van der Waals surface area (Å²) in [4.78, 5) is 35.6. The summed E-state index contributed by atoms with van der Waals surface area (Å²) in [7, 11) is 0. The molecule has 1 aliphatic heterocycles. The first-order valence-corrected chi connectivity index (χ1v) is 8.39. The van der Waals surface area contributed by atoms with E-state index in [9.17, 15) is 14.7 Å². The molecule has 3 heterocycles. The number of carbonyl (C=O) groups excluding carboxylic acids is 2. The van der Waals surface area contributed by atoms with Gasteiger partial charge in [0.1, 0.15) is 0 Å². The molecular formula is C20H21N3O3. The van der Waals surface area contributed by atoms with E-state index in [2.05, 4.69) is 9.97 Å². The molecule has 3 rings (SSSR count). The van der Waals surface area contributed by atoms with Crippen molar-refractivity contribution >= 4 is 11.7 Å². The van der Waals surface area contributed by atoms with E-state index >= 15 is 0 Å². The number of hydrogen-bond acceptors (Lipinski definition) is 5. The zero-order chi connectivity index (χ0) is 18.9. The highest BCUT2D eigenvalue weighted by Gasteiger charge is 2.46. The lowest BCUT2D eigenvalue weighted by molar-refractivity contribution is -0.130. The summed E-state index contributed by atoms with van der Waals surface area (Å²) in [5, 5.41) is 10.5. The second kappa shape index (κ2) is 6.71. The summed E-state index contributed by atoms with van der Waals surface area (Å²) >= 11 is 0. The van der Waals surface area contributed by atoms with Crippen LogP contribution in [0.15, 0.2) is 60.3 Å². The molecule has 2 aromatic rings. The first-order valence-electron chi connectivity index (χ1n) is 8.39. The fourth-order valence-corrected chi connectivity index (χ4v) is 3.00. The topological polar surface area (TPSA) is 83.4 Å². The number of aromatic nitrogens is 2. The number of aliphatic hydroxyl groups is 1. The maximum atomic E-state index is 13.0. The van der Waals surface area contributed by atoms with Crippen LogP contribution in [0.1, 0.15) is 38.1 Å². The van der Waals surface area contributed by atoms with Crippen molar-refractivity contribution < 1.29 is 14.7 Å². The lowest BCUT2D eigenvalue weighted by atomic mass is 9.82. The molecule has 1 amide bonds. The third-order valence-corrected chi connectivity index (χ3v) is 4.29. The lowest BCUT2D eigenvalue weighted by Crippen LogP contribution is -2.32. The molecule has 134 valence electrons. The first-order chi connectivity index (χ1) is 12.3. The Bertz CT molecular complexity index is 855. The average molecular weight is 351 g/mol. The third kappa shape index (κ3) is 3.22. The molecule has 0 bridgehead atoms. The molecule has 6 heteroatoms. The maximum absolute atomic E-state index is 13.0. The van der Waals surface area contributed by atoms with Gasteiger partial charge in [-0.3, -0.25) is 19.6 Å². The van der Waals surface area contributed by atoms with Gasteiger partial charge in [0.15, 0.2) is 11.5 Å². The van der Waals surface area contributed by atoms with E-state index in [0.29, 0.717) is 11.3 Å². The Labute approximate surface area is 152 Å². The Hall–Kier alpha value is -3.02. The van der Waals surface area contributed by atoms with Gasteiger partial charge in [-0.15, -0.1) is 0 Å². The first kappa shape index (κ1) is 17.8. The molecule has 0 saturated carbocycles. The van der Waals surface area contributed by atoms with Crippen LogP contribution in [-0.4, -0.2) is 31.7 Å². The predicted molar refractivity (Wildman–Crippen MR) is 95.9 cm³/mol. The van der Waals surface area contributed by atoms with Crippen LogP contribution in [0, 0.1) is 5.41 Å². The molecule has 0 radical (unpaired) electrons. The molecule has 6 nitrogen and oxygen atoms in total.